The van der Waals surface area contributed by atoms with Gasteiger partial charge in [0.1, 0.15) is 19.3 Å². The van der Waals surface area contributed by atoms with E-state index in [1.165, 1.54) is 4.88 Å². The molecule has 0 unspecified atom stereocenters. The van der Waals surface area contributed by atoms with Gasteiger partial charge in [-0.1, -0.05) is 18.2 Å². The molecule has 0 bridgehead atoms. The Morgan fingerprint density at radius 2 is 2.04 bits per heavy atom. The SMILES string of the molecule is O=C1c2ccccc2N[C@H](c2cccs2)N1CCC[NH+]1CCOCC1. The van der Waals surface area contributed by atoms with Gasteiger partial charge in [-0.25, -0.2) is 0 Å². The lowest BCUT2D eigenvalue weighted by atomic mass is 10.1. The number of carbonyl (C=O) groups excluding carboxylic acids is 1. The number of quaternary nitrogens is 1. The van der Waals surface area contributed by atoms with Gasteiger partial charge in [-0.2, -0.15) is 0 Å². The van der Waals surface area contributed by atoms with E-state index in [4.69, 9.17) is 4.74 Å². The maximum Gasteiger partial charge on any atom is 0.257 e. The maximum absolute atomic E-state index is 13.1. The Labute approximate surface area is 152 Å². The number of hydrogen-bond acceptors (Lipinski definition) is 4. The van der Waals surface area contributed by atoms with Crippen LogP contribution in [0.5, 0.6) is 0 Å². The standard InChI is InChI=1S/C19H23N3O2S/c23-19-15-5-1-2-6-16(15)20-18(17-7-3-14-25-17)22(19)9-4-8-21-10-12-24-13-11-21/h1-3,5-7,14,18,20H,4,8-13H2/p+1/t18-/m0/s1. The molecule has 2 aliphatic heterocycles. The first-order chi connectivity index (χ1) is 12.3. The van der Waals surface area contributed by atoms with E-state index in [-0.39, 0.29) is 12.1 Å². The molecule has 1 amide bonds. The molecule has 1 atom stereocenters. The molecule has 1 fully saturated rings. The van der Waals surface area contributed by atoms with Crippen LogP contribution in [0.4, 0.5) is 5.69 Å². The Bertz CT molecular complexity index is 713. The zero-order valence-corrected chi connectivity index (χ0v) is 15.1. The van der Waals surface area contributed by atoms with Crippen LogP contribution in [0.1, 0.15) is 27.8 Å². The zero-order chi connectivity index (χ0) is 17.1. The second-order valence-electron chi connectivity index (χ2n) is 6.57. The fourth-order valence-electron chi connectivity index (χ4n) is 3.60. The Morgan fingerprint density at radius 1 is 1.20 bits per heavy atom. The van der Waals surface area contributed by atoms with Gasteiger partial charge in [-0.15, -0.1) is 11.3 Å². The Kier molecular flexibility index (Phi) is 5.01. The number of fused-ring (bicyclic) bond motifs is 1. The molecule has 4 rings (SSSR count). The van der Waals surface area contributed by atoms with Gasteiger partial charge in [0.25, 0.3) is 5.91 Å². The van der Waals surface area contributed by atoms with Crippen molar-refractivity contribution in [2.75, 3.05) is 44.7 Å². The second-order valence-corrected chi connectivity index (χ2v) is 7.55. The number of amides is 1. The number of hydrogen-bond donors (Lipinski definition) is 2. The normalized spacial score (nSPS) is 21.0. The van der Waals surface area contributed by atoms with Gasteiger partial charge in [-0.3, -0.25) is 4.79 Å². The van der Waals surface area contributed by atoms with E-state index < -0.39 is 0 Å². The number of anilines is 1. The summed E-state index contributed by atoms with van der Waals surface area (Å²) >= 11 is 1.69. The highest BCUT2D eigenvalue weighted by molar-refractivity contribution is 7.10. The molecule has 3 heterocycles. The molecule has 6 heteroatoms. The summed E-state index contributed by atoms with van der Waals surface area (Å²) in [6, 6.07) is 12.0. The van der Waals surface area contributed by atoms with Crippen LogP contribution < -0.4 is 10.2 Å². The predicted octanol–water partition coefficient (Wildman–Crippen LogP) is 1.62. The highest BCUT2D eigenvalue weighted by atomic mass is 32.1. The predicted molar refractivity (Wildman–Crippen MR) is 99.2 cm³/mol. The average molecular weight is 358 g/mol. The van der Waals surface area contributed by atoms with E-state index >= 15 is 0 Å². The molecule has 132 valence electrons. The number of rotatable bonds is 5. The highest BCUT2D eigenvalue weighted by Crippen LogP contribution is 2.34. The quantitative estimate of drug-likeness (QED) is 0.854. The summed E-state index contributed by atoms with van der Waals surface area (Å²) < 4.78 is 5.42. The monoisotopic (exact) mass is 358 g/mol. The summed E-state index contributed by atoms with van der Waals surface area (Å²) in [6.07, 6.45) is 0.939. The van der Waals surface area contributed by atoms with E-state index in [1.807, 2.05) is 35.2 Å². The number of nitrogens with zero attached hydrogens (tertiary/aromatic N) is 1. The molecule has 0 radical (unpaired) electrons. The number of benzene rings is 1. The number of thiophene rings is 1. The third-order valence-electron chi connectivity index (χ3n) is 4.96. The molecule has 2 aromatic rings. The van der Waals surface area contributed by atoms with Crippen LogP contribution in [0.3, 0.4) is 0 Å². The van der Waals surface area contributed by atoms with Crippen molar-refractivity contribution >= 4 is 22.9 Å². The van der Waals surface area contributed by atoms with E-state index in [2.05, 4.69) is 16.8 Å². The number of carbonyl (C=O) groups is 1. The van der Waals surface area contributed by atoms with Crippen molar-refractivity contribution in [3.63, 3.8) is 0 Å². The molecule has 1 aromatic heterocycles. The Hall–Kier alpha value is -1.89. The number of ether oxygens (including phenoxy) is 1. The molecule has 0 saturated carbocycles. The van der Waals surface area contributed by atoms with Crippen LogP contribution in [-0.4, -0.2) is 50.2 Å². The van der Waals surface area contributed by atoms with Gasteiger partial charge in [0.15, 0.2) is 0 Å². The molecule has 0 spiro atoms. The summed E-state index contributed by atoms with van der Waals surface area (Å²) in [6.45, 7) is 5.71. The second kappa shape index (κ2) is 7.56. The van der Waals surface area contributed by atoms with E-state index in [1.54, 1.807) is 16.2 Å². The minimum atomic E-state index is -0.0675. The fourth-order valence-corrected chi connectivity index (χ4v) is 4.39. The Balaban J connectivity index is 1.49. The lowest BCUT2D eigenvalue weighted by molar-refractivity contribution is -0.908. The van der Waals surface area contributed by atoms with Crippen molar-refractivity contribution < 1.29 is 14.4 Å². The smallest absolute Gasteiger partial charge is 0.257 e. The molecule has 2 N–H and O–H groups in total. The third-order valence-corrected chi connectivity index (χ3v) is 5.89. The van der Waals surface area contributed by atoms with Gasteiger partial charge in [0.2, 0.25) is 0 Å². The van der Waals surface area contributed by atoms with Crippen LogP contribution in [-0.2, 0) is 4.74 Å². The molecule has 2 aliphatic rings. The van der Waals surface area contributed by atoms with Crippen molar-refractivity contribution in [2.24, 2.45) is 0 Å². The van der Waals surface area contributed by atoms with Crippen LogP contribution >= 0.6 is 11.3 Å². The first-order valence-corrected chi connectivity index (χ1v) is 9.82. The van der Waals surface area contributed by atoms with Crippen LogP contribution in [0.15, 0.2) is 41.8 Å². The first kappa shape index (κ1) is 16.6. The molecule has 0 aliphatic carbocycles. The number of morpholine rings is 1. The topological polar surface area (TPSA) is 46.0 Å². The van der Waals surface area contributed by atoms with Gasteiger partial charge in [0.05, 0.1) is 25.3 Å². The van der Waals surface area contributed by atoms with Crippen LogP contribution in [0.25, 0.3) is 0 Å². The fraction of sp³-hybridized carbons (Fsp3) is 0.421. The van der Waals surface area contributed by atoms with Gasteiger partial charge in [0, 0.05) is 23.5 Å². The lowest BCUT2D eigenvalue weighted by Gasteiger charge is -2.37. The van der Waals surface area contributed by atoms with Crippen LogP contribution in [0, 0.1) is 0 Å². The van der Waals surface area contributed by atoms with Crippen LogP contribution in [0.2, 0.25) is 0 Å². The van der Waals surface area contributed by atoms with Crippen molar-refractivity contribution in [3.8, 4) is 0 Å². The molecule has 5 nitrogen and oxygen atoms in total. The molecule has 1 saturated heterocycles. The highest BCUT2D eigenvalue weighted by Gasteiger charge is 2.33. The van der Waals surface area contributed by atoms with Crippen molar-refractivity contribution in [3.05, 3.63) is 52.2 Å². The lowest BCUT2D eigenvalue weighted by Crippen LogP contribution is -3.14. The largest absolute Gasteiger partial charge is 0.370 e. The van der Waals surface area contributed by atoms with Crippen molar-refractivity contribution in [1.82, 2.24) is 4.90 Å². The third kappa shape index (κ3) is 3.56. The molecular formula is C19H24N3O2S+. The molecule has 1 aromatic carbocycles. The van der Waals surface area contributed by atoms with E-state index in [0.717, 1.165) is 57.1 Å². The summed E-state index contributed by atoms with van der Waals surface area (Å²) in [5.41, 5.74) is 1.70. The van der Waals surface area contributed by atoms with E-state index in [9.17, 15) is 4.79 Å². The van der Waals surface area contributed by atoms with Crippen molar-refractivity contribution in [1.29, 1.82) is 0 Å². The first-order valence-electron chi connectivity index (χ1n) is 8.94. The van der Waals surface area contributed by atoms with Gasteiger partial charge >= 0.3 is 0 Å². The minimum Gasteiger partial charge on any atom is -0.370 e. The zero-order valence-electron chi connectivity index (χ0n) is 14.2. The molecule has 25 heavy (non-hydrogen) atoms. The Morgan fingerprint density at radius 3 is 2.84 bits per heavy atom. The number of para-hydroxylation sites is 1. The number of nitrogens with one attached hydrogen (secondary N) is 2. The van der Waals surface area contributed by atoms with E-state index in [0.29, 0.717) is 0 Å². The van der Waals surface area contributed by atoms with Gasteiger partial charge < -0.3 is 19.9 Å². The summed E-state index contributed by atoms with van der Waals surface area (Å²) in [5, 5.41) is 5.62. The summed E-state index contributed by atoms with van der Waals surface area (Å²) in [7, 11) is 0. The molecular weight excluding hydrogens is 334 g/mol. The van der Waals surface area contributed by atoms with Gasteiger partial charge in [-0.05, 0) is 23.6 Å². The van der Waals surface area contributed by atoms with Crippen molar-refractivity contribution in [2.45, 2.75) is 12.6 Å². The maximum atomic E-state index is 13.1. The summed E-state index contributed by atoms with van der Waals surface area (Å²) in [5.74, 6) is 0.129. The minimum absolute atomic E-state index is 0.0675. The summed E-state index contributed by atoms with van der Waals surface area (Å²) in [4.78, 5) is 17.8. The average Bonchev–Trinajstić information content (AvgIpc) is 3.19.